The highest BCUT2D eigenvalue weighted by atomic mass is 35.5. The van der Waals surface area contributed by atoms with E-state index in [-0.39, 0.29) is 28.8 Å². The first-order chi connectivity index (χ1) is 16.4. The van der Waals surface area contributed by atoms with Crippen molar-refractivity contribution >= 4 is 41.0 Å². The molecule has 0 fully saturated rings. The number of amides is 2. The van der Waals surface area contributed by atoms with Crippen molar-refractivity contribution in [2.75, 3.05) is 19.0 Å². The molecule has 10 nitrogen and oxygen atoms in total. The molecule has 0 saturated heterocycles. The van der Waals surface area contributed by atoms with Crippen LogP contribution in [0.15, 0.2) is 71.8 Å². The number of nitro benzene ring substituents is 1. The maximum Gasteiger partial charge on any atom is 0.271 e. The number of benzene rings is 3. The molecule has 0 aliphatic carbocycles. The summed E-state index contributed by atoms with van der Waals surface area (Å²) in [5.74, 6) is 0.00204. The third-order valence-electron chi connectivity index (χ3n) is 4.39. The second-order valence-corrected chi connectivity index (χ2v) is 7.17. The third kappa shape index (κ3) is 6.78. The summed E-state index contributed by atoms with van der Waals surface area (Å²) in [7, 11) is 1.55. The summed E-state index contributed by atoms with van der Waals surface area (Å²) in [6.45, 7) is -0.252. The lowest BCUT2D eigenvalue weighted by molar-refractivity contribution is -0.384. The van der Waals surface area contributed by atoms with Gasteiger partial charge in [-0.25, -0.2) is 5.43 Å². The zero-order valence-corrected chi connectivity index (χ0v) is 18.6. The minimum atomic E-state index is -0.603. The van der Waals surface area contributed by atoms with Gasteiger partial charge < -0.3 is 14.8 Å². The van der Waals surface area contributed by atoms with E-state index in [9.17, 15) is 19.7 Å². The maximum atomic E-state index is 12.1. The average Bonchev–Trinajstić information content (AvgIpc) is 2.84. The summed E-state index contributed by atoms with van der Waals surface area (Å²) in [5, 5.41) is 17.6. The highest BCUT2D eigenvalue weighted by molar-refractivity contribution is 6.32. The SMILES string of the molecule is COc1ccc(NC(=O)COc2ccc(/C=N/NC(=O)c3cccc([N+](=O)[O-])c3)cc2Cl)cc1. The molecule has 0 spiro atoms. The summed E-state index contributed by atoms with van der Waals surface area (Å²) in [4.78, 5) is 34.4. The van der Waals surface area contributed by atoms with Crippen molar-refractivity contribution < 1.29 is 24.0 Å². The molecule has 0 saturated carbocycles. The summed E-state index contributed by atoms with van der Waals surface area (Å²) in [6, 6.07) is 16.9. The summed E-state index contributed by atoms with van der Waals surface area (Å²) in [5.41, 5.74) is 3.34. The molecule has 3 aromatic carbocycles. The predicted octanol–water partition coefficient (Wildman–Crippen LogP) is 4.04. The second-order valence-electron chi connectivity index (χ2n) is 6.76. The lowest BCUT2D eigenvalue weighted by Crippen LogP contribution is -2.20. The first-order valence-electron chi connectivity index (χ1n) is 9.80. The highest BCUT2D eigenvalue weighted by Crippen LogP contribution is 2.25. The fraction of sp³-hybridized carbons (Fsp3) is 0.0870. The first-order valence-corrected chi connectivity index (χ1v) is 10.2. The van der Waals surface area contributed by atoms with Crippen LogP contribution in [0.1, 0.15) is 15.9 Å². The van der Waals surface area contributed by atoms with Crippen molar-refractivity contribution in [3.05, 3.63) is 93.0 Å². The molecular weight excluding hydrogens is 464 g/mol. The molecule has 3 rings (SSSR count). The van der Waals surface area contributed by atoms with Crippen LogP contribution in [0.3, 0.4) is 0 Å². The van der Waals surface area contributed by atoms with Gasteiger partial charge in [-0.1, -0.05) is 17.7 Å². The Morgan fingerprint density at radius 2 is 1.88 bits per heavy atom. The van der Waals surface area contributed by atoms with Crippen molar-refractivity contribution in [3.8, 4) is 11.5 Å². The molecule has 174 valence electrons. The molecule has 2 amide bonds. The molecule has 0 atom stereocenters. The van der Waals surface area contributed by atoms with Gasteiger partial charge in [0, 0.05) is 23.4 Å². The fourth-order valence-corrected chi connectivity index (χ4v) is 2.96. The lowest BCUT2D eigenvalue weighted by Gasteiger charge is -2.09. The van der Waals surface area contributed by atoms with Crippen LogP contribution < -0.4 is 20.2 Å². The van der Waals surface area contributed by atoms with Gasteiger partial charge >= 0.3 is 0 Å². The van der Waals surface area contributed by atoms with Crippen LogP contribution >= 0.6 is 11.6 Å². The normalized spacial score (nSPS) is 10.5. The van der Waals surface area contributed by atoms with Gasteiger partial charge in [0.15, 0.2) is 6.61 Å². The number of hydrogen-bond donors (Lipinski definition) is 2. The minimum Gasteiger partial charge on any atom is -0.497 e. The zero-order chi connectivity index (χ0) is 24.5. The number of methoxy groups -OCH3 is 1. The van der Waals surface area contributed by atoms with Crippen LogP contribution in [0, 0.1) is 10.1 Å². The third-order valence-corrected chi connectivity index (χ3v) is 4.68. The second kappa shape index (κ2) is 11.4. The molecule has 0 aliphatic rings. The summed E-state index contributed by atoms with van der Waals surface area (Å²) >= 11 is 6.21. The van der Waals surface area contributed by atoms with Gasteiger partial charge in [-0.15, -0.1) is 0 Å². The van der Waals surface area contributed by atoms with E-state index in [2.05, 4.69) is 15.8 Å². The van der Waals surface area contributed by atoms with E-state index >= 15 is 0 Å². The number of nitro groups is 1. The standard InChI is InChI=1S/C23H19ClN4O6/c1-33-19-8-6-17(7-9-19)26-22(29)14-34-21-10-5-15(11-20(21)24)13-25-27-23(30)16-3-2-4-18(12-16)28(31)32/h2-13H,14H2,1H3,(H,26,29)(H,27,30)/b25-13+. The minimum absolute atomic E-state index is 0.0982. The van der Waals surface area contributed by atoms with Gasteiger partial charge in [-0.2, -0.15) is 5.10 Å². The number of non-ortho nitro benzene ring substituents is 1. The maximum absolute atomic E-state index is 12.1. The Balaban J connectivity index is 1.52. The highest BCUT2D eigenvalue weighted by Gasteiger charge is 2.11. The van der Waals surface area contributed by atoms with Crippen molar-refractivity contribution in [1.29, 1.82) is 0 Å². The molecular formula is C23H19ClN4O6. The van der Waals surface area contributed by atoms with Crippen LogP contribution in [0.2, 0.25) is 5.02 Å². The largest absolute Gasteiger partial charge is 0.497 e. The van der Waals surface area contributed by atoms with Gasteiger partial charge in [0.2, 0.25) is 0 Å². The molecule has 0 unspecified atom stereocenters. The molecule has 2 N–H and O–H groups in total. The Bertz CT molecular complexity index is 1230. The van der Waals surface area contributed by atoms with E-state index in [0.29, 0.717) is 22.7 Å². The smallest absolute Gasteiger partial charge is 0.271 e. The Labute approximate surface area is 199 Å². The molecule has 3 aromatic rings. The number of anilines is 1. The van der Waals surface area contributed by atoms with Gasteiger partial charge in [0.1, 0.15) is 11.5 Å². The molecule has 11 heteroatoms. The van der Waals surface area contributed by atoms with Crippen molar-refractivity contribution in [1.82, 2.24) is 5.43 Å². The first kappa shape index (κ1) is 24.2. The van der Waals surface area contributed by atoms with E-state index in [1.807, 2.05) is 0 Å². The van der Waals surface area contributed by atoms with Crippen molar-refractivity contribution in [2.24, 2.45) is 5.10 Å². The Hall–Kier alpha value is -4.44. The number of hydrogen-bond acceptors (Lipinski definition) is 7. The lowest BCUT2D eigenvalue weighted by atomic mass is 10.2. The number of carbonyl (C=O) groups is 2. The van der Waals surface area contributed by atoms with Gasteiger partial charge in [0.25, 0.3) is 17.5 Å². The Morgan fingerprint density at radius 3 is 2.56 bits per heavy atom. The molecule has 0 aliphatic heterocycles. The van der Waals surface area contributed by atoms with Gasteiger partial charge in [-0.3, -0.25) is 19.7 Å². The van der Waals surface area contributed by atoms with Crippen molar-refractivity contribution in [3.63, 3.8) is 0 Å². The molecule has 0 bridgehead atoms. The van der Waals surface area contributed by atoms with E-state index < -0.39 is 10.8 Å². The van der Waals surface area contributed by atoms with Crippen LogP contribution in [-0.2, 0) is 4.79 Å². The van der Waals surface area contributed by atoms with E-state index in [1.54, 1.807) is 49.6 Å². The van der Waals surface area contributed by atoms with Crippen LogP contribution in [-0.4, -0.2) is 36.7 Å². The Kier molecular flexibility index (Phi) is 8.14. The van der Waals surface area contributed by atoms with Gasteiger partial charge in [0.05, 0.1) is 23.3 Å². The molecule has 0 heterocycles. The zero-order valence-electron chi connectivity index (χ0n) is 17.9. The molecule has 34 heavy (non-hydrogen) atoms. The molecule has 0 aromatic heterocycles. The van der Waals surface area contributed by atoms with Crippen LogP contribution in [0.25, 0.3) is 0 Å². The molecule has 0 radical (unpaired) electrons. The van der Waals surface area contributed by atoms with Gasteiger partial charge in [-0.05, 0) is 54.1 Å². The summed E-state index contributed by atoms with van der Waals surface area (Å²) in [6.07, 6.45) is 1.35. The number of nitrogens with zero attached hydrogens (tertiary/aromatic N) is 2. The predicted molar refractivity (Wildman–Crippen MR) is 127 cm³/mol. The number of ether oxygens (including phenoxy) is 2. The number of rotatable bonds is 9. The van der Waals surface area contributed by atoms with Crippen LogP contribution in [0.4, 0.5) is 11.4 Å². The number of carbonyl (C=O) groups excluding carboxylic acids is 2. The number of nitrogens with one attached hydrogen (secondary N) is 2. The number of hydrazone groups is 1. The van der Waals surface area contributed by atoms with E-state index in [0.717, 1.165) is 6.07 Å². The van der Waals surface area contributed by atoms with E-state index in [1.165, 1.54) is 24.4 Å². The van der Waals surface area contributed by atoms with E-state index in [4.69, 9.17) is 21.1 Å². The monoisotopic (exact) mass is 482 g/mol. The quantitative estimate of drug-likeness (QED) is 0.269. The van der Waals surface area contributed by atoms with Crippen LogP contribution in [0.5, 0.6) is 11.5 Å². The topological polar surface area (TPSA) is 132 Å². The number of halogens is 1. The average molecular weight is 483 g/mol. The van der Waals surface area contributed by atoms with Crippen molar-refractivity contribution in [2.45, 2.75) is 0 Å². The Morgan fingerprint density at radius 1 is 1.12 bits per heavy atom. The summed E-state index contributed by atoms with van der Waals surface area (Å²) < 4.78 is 10.5. The fourth-order valence-electron chi connectivity index (χ4n) is 2.72.